The molecule has 37 heavy (non-hydrogen) atoms. The lowest BCUT2D eigenvalue weighted by atomic mass is 9.74. The Morgan fingerprint density at radius 3 is 2.62 bits per heavy atom. The smallest absolute Gasteiger partial charge is 0.220 e. The minimum atomic E-state index is -0.271. The number of benzene rings is 2. The number of rotatable bonds is 8. The topological polar surface area (TPSA) is 67.2 Å². The molecule has 1 amide bonds. The van der Waals surface area contributed by atoms with E-state index in [1.165, 1.54) is 5.56 Å². The van der Waals surface area contributed by atoms with Gasteiger partial charge >= 0.3 is 0 Å². The van der Waals surface area contributed by atoms with Crippen molar-refractivity contribution in [2.75, 3.05) is 6.54 Å². The summed E-state index contributed by atoms with van der Waals surface area (Å²) in [5.74, 6) is 2.33. The molecule has 1 heterocycles. The standard InChI is InChI=1S/C32H45N3O2/c1-23(2)31-34-28-13-8-9-14-29(28)35(31)18-10-15-30(37)33-22-32(4)17-16-24(3)19-27(36)20-26(21-32)25-11-6-5-7-12-25/h5-9,11-14,23-24,26-27,36H,10,15-22H2,1-4H3,(H,33,37)/t24-,26-,27+,32+/m1/s1. The quantitative estimate of drug-likeness (QED) is 0.355. The van der Waals surface area contributed by atoms with Crippen LogP contribution in [0.25, 0.3) is 11.0 Å². The molecule has 5 nitrogen and oxygen atoms in total. The average molecular weight is 504 g/mol. The third-order valence-corrected chi connectivity index (χ3v) is 8.18. The minimum absolute atomic E-state index is 0.000148. The maximum absolute atomic E-state index is 13.0. The molecular weight excluding hydrogens is 458 g/mol. The molecule has 2 aromatic carbocycles. The fraction of sp³-hybridized carbons (Fsp3) is 0.562. The van der Waals surface area contributed by atoms with E-state index in [2.05, 4.69) is 80.0 Å². The monoisotopic (exact) mass is 503 g/mol. The Bertz CT molecular complexity index is 1160. The lowest BCUT2D eigenvalue weighted by Crippen LogP contribution is -2.37. The molecule has 1 aliphatic rings. The number of amides is 1. The highest BCUT2D eigenvalue weighted by molar-refractivity contribution is 5.77. The number of para-hydroxylation sites is 2. The lowest BCUT2D eigenvalue weighted by Gasteiger charge is -2.34. The van der Waals surface area contributed by atoms with Crippen molar-refractivity contribution in [3.8, 4) is 0 Å². The Hall–Kier alpha value is -2.66. The predicted molar refractivity (Wildman–Crippen MR) is 152 cm³/mol. The van der Waals surface area contributed by atoms with Crippen LogP contribution in [0, 0.1) is 11.3 Å². The second-order valence-electron chi connectivity index (χ2n) is 12.0. The number of imidazole rings is 1. The summed E-state index contributed by atoms with van der Waals surface area (Å²) in [4.78, 5) is 17.8. The van der Waals surface area contributed by atoms with Crippen LogP contribution in [0.1, 0.15) is 95.9 Å². The van der Waals surface area contributed by atoms with E-state index >= 15 is 0 Å². The molecule has 0 unspecified atom stereocenters. The summed E-state index contributed by atoms with van der Waals surface area (Å²) >= 11 is 0. The molecule has 0 aliphatic heterocycles. The number of carbonyl (C=O) groups excluding carboxylic acids is 1. The molecule has 1 saturated carbocycles. The molecule has 5 heteroatoms. The van der Waals surface area contributed by atoms with Gasteiger partial charge in [-0.15, -0.1) is 0 Å². The van der Waals surface area contributed by atoms with Gasteiger partial charge < -0.3 is 15.0 Å². The number of fused-ring (bicyclic) bond motifs is 1. The van der Waals surface area contributed by atoms with E-state index in [9.17, 15) is 9.90 Å². The molecule has 1 aromatic heterocycles. The fourth-order valence-electron chi connectivity index (χ4n) is 6.09. The maximum atomic E-state index is 13.0. The molecule has 1 aliphatic carbocycles. The van der Waals surface area contributed by atoms with Crippen molar-refractivity contribution in [2.24, 2.45) is 11.3 Å². The summed E-state index contributed by atoms with van der Waals surface area (Å²) in [6.45, 7) is 10.4. The van der Waals surface area contributed by atoms with Gasteiger partial charge in [-0.05, 0) is 67.1 Å². The lowest BCUT2D eigenvalue weighted by molar-refractivity contribution is -0.121. The van der Waals surface area contributed by atoms with E-state index in [4.69, 9.17) is 4.98 Å². The largest absolute Gasteiger partial charge is 0.393 e. The highest BCUT2D eigenvalue weighted by Crippen LogP contribution is 2.41. The molecule has 0 saturated heterocycles. The number of hydrogen-bond donors (Lipinski definition) is 2. The molecular formula is C32H45N3O2. The van der Waals surface area contributed by atoms with Crippen molar-refractivity contribution in [1.82, 2.24) is 14.9 Å². The van der Waals surface area contributed by atoms with Gasteiger partial charge in [0.05, 0.1) is 17.1 Å². The zero-order valence-electron chi connectivity index (χ0n) is 23.1. The van der Waals surface area contributed by atoms with Gasteiger partial charge in [0.2, 0.25) is 5.91 Å². The SMILES string of the molecule is CC(C)c1nc2ccccc2n1CCCC(=O)NC[C@@]1(C)CC[C@@H](C)C[C@H](O)C[C@@H](c2ccccc2)C1. The first kappa shape index (κ1) is 27.4. The van der Waals surface area contributed by atoms with Crippen molar-refractivity contribution in [1.29, 1.82) is 0 Å². The van der Waals surface area contributed by atoms with Gasteiger partial charge in [-0.25, -0.2) is 4.98 Å². The van der Waals surface area contributed by atoms with Crippen molar-refractivity contribution in [3.05, 3.63) is 66.0 Å². The fourth-order valence-corrected chi connectivity index (χ4v) is 6.09. The van der Waals surface area contributed by atoms with Crippen LogP contribution in [0.4, 0.5) is 0 Å². The number of aryl methyl sites for hydroxylation is 1. The number of nitrogens with one attached hydrogen (secondary N) is 1. The van der Waals surface area contributed by atoms with Crippen LogP contribution in [0.15, 0.2) is 54.6 Å². The first-order chi connectivity index (χ1) is 17.7. The number of carbonyl (C=O) groups is 1. The van der Waals surface area contributed by atoms with E-state index < -0.39 is 0 Å². The zero-order valence-corrected chi connectivity index (χ0v) is 23.1. The van der Waals surface area contributed by atoms with E-state index in [0.717, 1.165) is 61.9 Å². The number of aliphatic hydroxyl groups excluding tert-OH is 1. The highest BCUT2D eigenvalue weighted by Gasteiger charge is 2.33. The first-order valence-corrected chi connectivity index (χ1v) is 14.2. The Morgan fingerprint density at radius 2 is 1.86 bits per heavy atom. The van der Waals surface area contributed by atoms with Gasteiger partial charge in [-0.2, -0.15) is 0 Å². The molecule has 0 spiro atoms. The van der Waals surface area contributed by atoms with E-state index in [-0.39, 0.29) is 17.4 Å². The number of aromatic nitrogens is 2. The van der Waals surface area contributed by atoms with Gasteiger partial charge in [-0.3, -0.25) is 4.79 Å². The van der Waals surface area contributed by atoms with Crippen LogP contribution in [-0.4, -0.2) is 33.2 Å². The Kier molecular flexibility index (Phi) is 9.07. The molecule has 3 aromatic rings. The Morgan fingerprint density at radius 1 is 1.14 bits per heavy atom. The van der Waals surface area contributed by atoms with Crippen molar-refractivity contribution < 1.29 is 9.90 Å². The zero-order chi connectivity index (χ0) is 26.4. The molecule has 4 rings (SSSR count). The average Bonchev–Trinajstić information content (AvgIpc) is 3.27. The minimum Gasteiger partial charge on any atom is -0.393 e. The maximum Gasteiger partial charge on any atom is 0.220 e. The Balaban J connectivity index is 1.37. The summed E-state index contributed by atoms with van der Waals surface area (Å²) in [5.41, 5.74) is 3.46. The van der Waals surface area contributed by atoms with Crippen LogP contribution in [0.3, 0.4) is 0 Å². The predicted octanol–water partition coefficient (Wildman–Crippen LogP) is 6.81. The second-order valence-corrected chi connectivity index (χ2v) is 12.0. The van der Waals surface area contributed by atoms with Gasteiger partial charge in [0, 0.05) is 25.4 Å². The van der Waals surface area contributed by atoms with Crippen LogP contribution < -0.4 is 5.32 Å². The van der Waals surface area contributed by atoms with Gasteiger partial charge in [0.1, 0.15) is 5.82 Å². The normalized spacial score (nSPS) is 25.0. The summed E-state index contributed by atoms with van der Waals surface area (Å²) in [5, 5.41) is 14.0. The Labute approximate surface area is 222 Å². The van der Waals surface area contributed by atoms with Crippen molar-refractivity contribution in [2.45, 2.75) is 97.1 Å². The van der Waals surface area contributed by atoms with Crippen molar-refractivity contribution in [3.63, 3.8) is 0 Å². The van der Waals surface area contributed by atoms with E-state index in [0.29, 0.717) is 30.7 Å². The first-order valence-electron chi connectivity index (χ1n) is 14.2. The molecule has 200 valence electrons. The van der Waals surface area contributed by atoms with Gasteiger partial charge in [0.25, 0.3) is 0 Å². The summed E-state index contributed by atoms with van der Waals surface area (Å²) in [6, 6.07) is 18.9. The summed E-state index contributed by atoms with van der Waals surface area (Å²) in [7, 11) is 0. The number of nitrogens with zero attached hydrogens (tertiary/aromatic N) is 2. The molecule has 2 N–H and O–H groups in total. The van der Waals surface area contributed by atoms with Gasteiger partial charge in [-0.1, -0.05) is 76.6 Å². The molecule has 4 atom stereocenters. The van der Waals surface area contributed by atoms with Gasteiger partial charge in [0.15, 0.2) is 0 Å². The van der Waals surface area contributed by atoms with Crippen LogP contribution >= 0.6 is 0 Å². The second kappa shape index (κ2) is 12.3. The number of hydrogen-bond acceptors (Lipinski definition) is 3. The van der Waals surface area contributed by atoms with E-state index in [1.807, 2.05) is 12.1 Å². The van der Waals surface area contributed by atoms with Crippen LogP contribution in [0.5, 0.6) is 0 Å². The summed E-state index contributed by atoms with van der Waals surface area (Å²) in [6.07, 6.45) is 5.78. The van der Waals surface area contributed by atoms with Crippen LogP contribution in [0.2, 0.25) is 0 Å². The summed E-state index contributed by atoms with van der Waals surface area (Å²) < 4.78 is 2.28. The number of aliphatic hydroxyl groups is 1. The third kappa shape index (κ3) is 7.22. The molecule has 0 radical (unpaired) electrons. The highest BCUT2D eigenvalue weighted by atomic mass is 16.3. The van der Waals surface area contributed by atoms with E-state index in [1.54, 1.807) is 0 Å². The molecule has 1 fully saturated rings. The van der Waals surface area contributed by atoms with Crippen molar-refractivity contribution >= 4 is 16.9 Å². The van der Waals surface area contributed by atoms with Crippen LogP contribution in [-0.2, 0) is 11.3 Å². The third-order valence-electron chi connectivity index (χ3n) is 8.18. The molecule has 0 bridgehead atoms.